The molecule has 1 aromatic rings. The van der Waals surface area contributed by atoms with E-state index in [9.17, 15) is 14.4 Å². The summed E-state index contributed by atoms with van der Waals surface area (Å²) < 4.78 is 5.74. The van der Waals surface area contributed by atoms with Crippen molar-refractivity contribution in [3.63, 3.8) is 0 Å². The third-order valence-corrected chi connectivity index (χ3v) is 4.34. The molecular weight excluding hydrogens is 350 g/mol. The summed E-state index contributed by atoms with van der Waals surface area (Å²) in [5.41, 5.74) is 0.304. The van der Waals surface area contributed by atoms with E-state index < -0.39 is 23.8 Å². The standard InChI is InChI=1S/C19H27N3O5/c1-12(2)9-15(19(25)26)22-16(23)11-21-18(24)13-7-8-17(20-10-13)27-14-5-3-4-6-14/h7-8,10,12,14-15H,3-6,9,11H2,1-2H3,(H,21,24)(H,22,23)(H,25,26)/t15-/m0/s1. The zero-order valence-corrected chi connectivity index (χ0v) is 15.7. The van der Waals surface area contributed by atoms with Crippen molar-refractivity contribution >= 4 is 17.8 Å². The van der Waals surface area contributed by atoms with Crippen LogP contribution >= 0.6 is 0 Å². The maximum absolute atomic E-state index is 12.1. The fourth-order valence-corrected chi connectivity index (χ4v) is 2.96. The van der Waals surface area contributed by atoms with Crippen molar-refractivity contribution in [2.45, 2.75) is 58.1 Å². The highest BCUT2D eigenvalue weighted by atomic mass is 16.5. The number of carbonyl (C=O) groups is 3. The summed E-state index contributed by atoms with van der Waals surface area (Å²) in [7, 11) is 0. The molecule has 8 nitrogen and oxygen atoms in total. The van der Waals surface area contributed by atoms with Crippen LogP contribution in [0.15, 0.2) is 18.3 Å². The van der Waals surface area contributed by atoms with Crippen LogP contribution in [0, 0.1) is 5.92 Å². The molecule has 0 bridgehead atoms. The third kappa shape index (κ3) is 6.88. The van der Waals surface area contributed by atoms with E-state index in [0.29, 0.717) is 17.9 Å². The maximum Gasteiger partial charge on any atom is 0.326 e. The van der Waals surface area contributed by atoms with Crippen molar-refractivity contribution in [1.82, 2.24) is 15.6 Å². The van der Waals surface area contributed by atoms with Gasteiger partial charge in [-0.15, -0.1) is 0 Å². The van der Waals surface area contributed by atoms with Gasteiger partial charge < -0.3 is 20.5 Å². The predicted molar refractivity (Wildman–Crippen MR) is 98.5 cm³/mol. The van der Waals surface area contributed by atoms with Crippen LogP contribution in [0.4, 0.5) is 0 Å². The third-order valence-electron chi connectivity index (χ3n) is 4.34. The lowest BCUT2D eigenvalue weighted by molar-refractivity contribution is -0.142. The number of aliphatic carboxylic acids is 1. The average Bonchev–Trinajstić information content (AvgIpc) is 3.12. The predicted octanol–water partition coefficient (Wildman–Crippen LogP) is 1.75. The van der Waals surface area contributed by atoms with Gasteiger partial charge >= 0.3 is 5.97 Å². The van der Waals surface area contributed by atoms with Gasteiger partial charge in [0.05, 0.1) is 12.1 Å². The Bertz CT molecular complexity index is 654. The fourth-order valence-electron chi connectivity index (χ4n) is 2.96. The molecule has 1 fully saturated rings. The zero-order chi connectivity index (χ0) is 19.8. The molecule has 148 valence electrons. The summed E-state index contributed by atoms with van der Waals surface area (Å²) in [5.74, 6) is -1.50. The van der Waals surface area contributed by atoms with Crippen LogP contribution in [0.1, 0.15) is 56.3 Å². The quantitative estimate of drug-likeness (QED) is 0.603. The lowest BCUT2D eigenvalue weighted by Crippen LogP contribution is -2.46. The van der Waals surface area contributed by atoms with Gasteiger partial charge in [0.25, 0.3) is 5.91 Å². The minimum atomic E-state index is -1.09. The number of carboxylic acids is 1. The number of rotatable bonds is 9. The molecule has 3 N–H and O–H groups in total. The monoisotopic (exact) mass is 377 g/mol. The topological polar surface area (TPSA) is 118 Å². The second-order valence-electron chi connectivity index (χ2n) is 7.18. The lowest BCUT2D eigenvalue weighted by Gasteiger charge is -2.16. The highest BCUT2D eigenvalue weighted by Crippen LogP contribution is 2.22. The number of carbonyl (C=O) groups excluding carboxylic acids is 2. The second-order valence-corrected chi connectivity index (χ2v) is 7.18. The molecule has 2 amide bonds. The van der Waals surface area contributed by atoms with Gasteiger partial charge in [-0.3, -0.25) is 9.59 Å². The number of nitrogens with one attached hydrogen (secondary N) is 2. The van der Waals surface area contributed by atoms with Crippen LogP contribution in [-0.4, -0.2) is 46.6 Å². The normalized spacial score (nSPS) is 15.4. The number of aromatic nitrogens is 1. The van der Waals surface area contributed by atoms with Gasteiger partial charge in [-0.05, 0) is 44.1 Å². The van der Waals surface area contributed by atoms with E-state index in [2.05, 4.69) is 15.6 Å². The summed E-state index contributed by atoms with van der Waals surface area (Å²) in [6, 6.07) is 2.25. The Morgan fingerprint density at radius 1 is 1.26 bits per heavy atom. The Kier molecular flexibility index (Phi) is 7.57. The molecule has 1 aliphatic carbocycles. The number of amides is 2. The van der Waals surface area contributed by atoms with Gasteiger partial charge in [0.1, 0.15) is 12.1 Å². The van der Waals surface area contributed by atoms with Crippen molar-refractivity contribution in [2.24, 2.45) is 5.92 Å². The largest absolute Gasteiger partial charge is 0.480 e. The smallest absolute Gasteiger partial charge is 0.326 e. The first kappa shape index (κ1) is 20.7. The second kappa shape index (κ2) is 9.89. The molecule has 0 aliphatic heterocycles. The van der Waals surface area contributed by atoms with Crippen LogP contribution in [0.3, 0.4) is 0 Å². The zero-order valence-electron chi connectivity index (χ0n) is 15.7. The Morgan fingerprint density at radius 2 is 1.96 bits per heavy atom. The van der Waals surface area contributed by atoms with Crippen molar-refractivity contribution in [3.05, 3.63) is 23.9 Å². The van der Waals surface area contributed by atoms with E-state index in [1.165, 1.54) is 6.20 Å². The van der Waals surface area contributed by atoms with E-state index in [0.717, 1.165) is 25.7 Å². The minimum Gasteiger partial charge on any atom is -0.480 e. The summed E-state index contributed by atoms with van der Waals surface area (Å²) in [6.45, 7) is 3.44. The molecule has 27 heavy (non-hydrogen) atoms. The van der Waals surface area contributed by atoms with E-state index in [-0.39, 0.29) is 18.6 Å². The molecule has 0 saturated heterocycles. The number of pyridine rings is 1. The first-order valence-electron chi connectivity index (χ1n) is 9.28. The molecule has 0 radical (unpaired) electrons. The number of nitrogens with zero attached hydrogens (tertiary/aromatic N) is 1. The Hall–Kier alpha value is -2.64. The van der Waals surface area contributed by atoms with Crippen LogP contribution < -0.4 is 15.4 Å². The molecule has 1 saturated carbocycles. The molecular formula is C19H27N3O5. The Morgan fingerprint density at radius 3 is 2.52 bits per heavy atom. The molecule has 2 rings (SSSR count). The summed E-state index contributed by atoms with van der Waals surface area (Å²) in [6.07, 6.45) is 6.27. The van der Waals surface area contributed by atoms with E-state index in [1.807, 2.05) is 13.8 Å². The number of hydrogen-bond donors (Lipinski definition) is 3. The minimum absolute atomic E-state index is 0.122. The van der Waals surface area contributed by atoms with Crippen molar-refractivity contribution in [3.8, 4) is 5.88 Å². The van der Waals surface area contributed by atoms with Gasteiger partial charge in [-0.25, -0.2) is 9.78 Å². The van der Waals surface area contributed by atoms with Gasteiger partial charge in [0.2, 0.25) is 11.8 Å². The summed E-state index contributed by atoms with van der Waals surface area (Å²) in [5, 5.41) is 14.0. The van der Waals surface area contributed by atoms with Crippen LogP contribution in [0.2, 0.25) is 0 Å². The molecule has 0 spiro atoms. The highest BCUT2D eigenvalue weighted by molar-refractivity contribution is 5.96. The first-order chi connectivity index (χ1) is 12.8. The highest BCUT2D eigenvalue weighted by Gasteiger charge is 2.21. The van der Waals surface area contributed by atoms with Crippen LogP contribution in [0.5, 0.6) is 5.88 Å². The van der Waals surface area contributed by atoms with Gasteiger partial charge in [0.15, 0.2) is 0 Å². The Balaban J connectivity index is 1.80. The maximum atomic E-state index is 12.1. The van der Waals surface area contributed by atoms with Crippen molar-refractivity contribution in [1.29, 1.82) is 0 Å². The number of carboxylic acid groups (broad SMARTS) is 1. The van der Waals surface area contributed by atoms with Gasteiger partial charge in [-0.1, -0.05) is 13.8 Å². The fraction of sp³-hybridized carbons (Fsp3) is 0.579. The molecule has 1 heterocycles. The SMILES string of the molecule is CC(C)C[C@H](NC(=O)CNC(=O)c1ccc(OC2CCCC2)nc1)C(=O)O. The molecule has 0 aromatic carbocycles. The molecule has 1 atom stereocenters. The molecule has 1 aliphatic rings. The first-order valence-corrected chi connectivity index (χ1v) is 9.28. The van der Waals surface area contributed by atoms with Crippen molar-refractivity contribution < 1.29 is 24.2 Å². The average molecular weight is 377 g/mol. The molecule has 0 unspecified atom stereocenters. The summed E-state index contributed by atoms with van der Waals surface area (Å²) in [4.78, 5) is 39.3. The number of ether oxygens (including phenoxy) is 1. The van der Waals surface area contributed by atoms with E-state index in [4.69, 9.17) is 9.84 Å². The van der Waals surface area contributed by atoms with E-state index >= 15 is 0 Å². The van der Waals surface area contributed by atoms with Crippen LogP contribution in [0.25, 0.3) is 0 Å². The van der Waals surface area contributed by atoms with Crippen LogP contribution in [-0.2, 0) is 9.59 Å². The molecule has 8 heteroatoms. The van der Waals surface area contributed by atoms with Gasteiger partial charge in [-0.2, -0.15) is 0 Å². The lowest BCUT2D eigenvalue weighted by atomic mass is 10.0. The van der Waals surface area contributed by atoms with Gasteiger partial charge in [0, 0.05) is 12.3 Å². The Labute approximate surface area is 158 Å². The number of hydrogen-bond acceptors (Lipinski definition) is 5. The van der Waals surface area contributed by atoms with Crippen molar-refractivity contribution in [2.75, 3.05) is 6.54 Å². The summed E-state index contributed by atoms with van der Waals surface area (Å²) >= 11 is 0. The van der Waals surface area contributed by atoms with E-state index in [1.54, 1.807) is 12.1 Å². The molecule has 1 aromatic heterocycles.